The van der Waals surface area contributed by atoms with E-state index in [0.717, 1.165) is 0 Å². The van der Waals surface area contributed by atoms with E-state index in [0.29, 0.717) is 6.42 Å². The zero-order valence-corrected chi connectivity index (χ0v) is 9.37. The highest BCUT2D eigenvalue weighted by molar-refractivity contribution is 5.66. The molecule has 0 radical (unpaired) electrons. The van der Waals surface area contributed by atoms with Gasteiger partial charge in [-0.25, -0.2) is 4.39 Å². The van der Waals surface area contributed by atoms with Crippen LogP contribution in [0.4, 0.5) is 4.39 Å². The van der Waals surface area contributed by atoms with Crippen LogP contribution in [0.15, 0.2) is 24.3 Å². The molecular weight excluding hydrogens is 211 g/mol. The molecule has 0 fully saturated rings. The van der Waals surface area contributed by atoms with Gasteiger partial charge in [0, 0.05) is 6.42 Å². The van der Waals surface area contributed by atoms with Crippen molar-refractivity contribution in [3.8, 4) is 5.75 Å². The average Bonchev–Trinajstić information content (AvgIpc) is 2.19. The fourth-order valence-electron chi connectivity index (χ4n) is 1.28. The van der Waals surface area contributed by atoms with Gasteiger partial charge in [0.25, 0.3) is 0 Å². The minimum absolute atomic E-state index is 0.00144. The van der Waals surface area contributed by atoms with Crippen molar-refractivity contribution in [1.82, 2.24) is 0 Å². The minimum Gasteiger partial charge on any atom is -0.485 e. The Hall–Kier alpha value is -1.58. The molecular formula is C12H15FO3. The van der Waals surface area contributed by atoms with E-state index in [1.165, 1.54) is 12.1 Å². The number of carboxylic acids is 1. The van der Waals surface area contributed by atoms with Crippen LogP contribution in [-0.2, 0) is 4.79 Å². The van der Waals surface area contributed by atoms with Crippen LogP contribution in [0.2, 0.25) is 0 Å². The Morgan fingerprint density at radius 2 is 2.06 bits per heavy atom. The summed E-state index contributed by atoms with van der Waals surface area (Å²) in [7, 11) is 0. The highest BCUT2D eigenvalue weighted by atomic mass is 19.1. The molecule has 0 bridgehead atoms. The molecule has 0 aromatic heterocycles. The lowest BCUT2D eigenvalue weighted by atomic mass is 10.0. The molecule has 3 nitrogen and oxygen atoms in total. The lowest BCUT2D eigenvalue weighted by molar-refractivity contribution is -0.138. The number of ether oxygens (including phenoxy) is 1. The molecule has 0 unspecified atom stereocenters. The van der Waals surface area contributed by atoms with Crippen molar-refractivity contribution >= 4 is 5.97 Å². The van der Waals surface area contributed by atoms with Crippen molar-refractivity contribution in [2.24, 2.45) is 0 Å². The molecule has 88 valence electrons. The van der Waals surface area contributed by atoms with E-state index < -0.39 is 17.4 Å². The van der Waals surface area contributed by atoms with Crippen LogP contribution in [0, 0.1) is 5.82 Å². The van der Waals surface area contributed by atoms with E-state index in [9.17, 15) is 9.18 Å². The molecule has 0 spiro atoms. The molecule has 16 heavy (non-hydrogen) atoms. The molecule has 1 aromatic rings. The molecule has 4 heteroatoms. The Balaban J connectivity index is 2.65. The summed E-state index contributed by atoms with van der Waals surface area (Å²) in [6.07, 6.45) is 0.331. The predicted molar refractivity (Wildman–Crippen MR) is 58.0 cm³/mol. The standard InChI is InChI=1S/C12H15FO3/c1-12(2,8-7-11(14)15)16-10-6-4-3-5-9(10)13/h3-6H,7-8H2,1-2H3,(H,14,15). The van der Waals surface area contributed by atoms with Crippen molar-refractivity contribution in [3.05, 3.63) is 30.1 Å². The SMILES string of the molecule is CC(C)(CCC(=O)O)Oc1ccccc1F. The van der Waals surface area contributed by atoms with Gasteiger partial charge in [0.05, 0.1) is 0 Å². The number of hydrogen-bond acceptors (Lipinski definition) is 2. The zero-order chi connectivity index (χ0) is 12.2. The third-order valence-corrected chi connectivity index (χ3v) is 2.16. The van der Waals surface area contributed by atoms with E-state index in [4.69, 9.17) is 9.84 Å². The Morgan fingerprint density at radius 3 is 2.62 bits per heavy atom. The van der Waals surface area contributed by atoms with Gasteiger partial charge in [-0.2, -0.15) is 0 Å². The van der Waals surface area contributed by atoms with Gasteiger partial charge in [0.1, 0.15) is 5.60 Å². The summed E-state index contributed by atoms with van der Waals surface area (Å²) in [5.74, 6) is -1.17. The van der Waals surface area contributed by atoms with Crippen LogP contribution in [0.1, 0.15) is 26.7 Å². The molecule has 0 amide bonds. The predicted octanol–water partition coefficient (Wildman–Crippen LogP) is 2.85. The number of rotatable bonds is 5. The number of aliphatic carboxylic acids is 1. The summed E-state index contributed by atoms with van der Waals surface area (Å²) in [5.41, 5.74) is -0.694. The van der Waals surface area contributed by atoms with Gasteiger partial charge in [-0.15, -0.1) is 0 Å². The lowest BCUT2D eigenvalue weighted by Crippen LogP contribution is -2.29. The Kier molecular flexibility index (Phi) is 3.88. The first kappa shape index (κ1) is 12.5. The molecule has 0 heterocycles. The molecule has 0 saturated heterocycles. The van der Waals surface area contributed by atoms with E-state index >= 15 is 0 Å². The van der Waals surface area contributed by atoms with Crippen molar-refractivity contribution in [3.63, 3.8) is 0 Å². The molecule has 1 aromatic carbocycles. The van der Waals surface area contributed by atoms with E-state index in [1.807, 2.05) is 0 Å². The fourth-order valence-corrected chi connectivity index (χ4v) is 1.28. The average molecular weight is 226 g/mol. The van der Waals surface area contributed by atoms with Gasteiger partial charge in [-0.05, 0) is 32.4 Å². The van der Waals surface area contributed by atoms with Crippen molar-refractivity contribution in [2.75, 3.05) is 0 Å². The smallest absolute Gasteiger partial charge is 0.303 e. The zero-order valence-electron chi connectivity index (χ0n) is 9.37. The van der Waals surface area contributed by atoms with Gasteiger partial charge >= 0.3 is 5.97 Å². The monoisotopic (exact) mass is 226 g/mol. The number of para-hydroxylation sites is 1. The molecule has 0 saturated carbocycles. The second-order valence-corrected chi connectivity index (χ2v) is 4.19. The molecule has 0 atom stereocenters. The van der Waals surface area contributed by atoms with Crippen LogP contribution in [0.5, 0.6) is 5.75 Å². The van der Waals surface area contributed by atoms with Crippen LogP contribution in [0.3, 0.4) is 0 Å². The molecule has 1 rings (SSSR count). The van der Waals surface area contributed by atoms with Gasteiger partial charge in [0.15, 0.2) is 11.6 Å². The maximum Gasteiger partial charge on any atom is 0.303 e. The summed E-state index contributed by atoms with van der Waals surface area (Å²) in [4.78, 5) is 10.4. The first-order valence-electron chi connectivity index (χ1n) is 5.06. The summed E-state index contributed by atoms with van der Waals surface area (Å²) in [6, 6.07) is 6.08. The summed E-state index contributed by atoms with van der Waals surface area (Å²) in [5, 5.41) is 8.57. The second kappa shape index (κ2) is 4.96. The van der Waals surface area contributed by atoms with E-state index in [1.54, 1.807) is 26.0 Å². The quantitative estimate of drug-likeness (QED) is 0.839. The van der Waals surface area contributed by atoms with Gasteiger partial charge in [-0.3, -0.25) is 4.79 Å². The van der Waals surface area contributed by atoms with Crippen LogP contribution < -0.4 is 4.74 Å². The van der Waals surface area contributed by atoms with E-state index in [2.05, 4.69) is 0 Å². The summed E-state index contributed by atoms with van der Waals surface area (Å²) >= 11 is 0. The van der Waals surface area contributed by atoms with Gasteiger partial charge in [0.2, 0.25) is 0 Å². The summed E-state index contributed by atoms with van der Waals surface area (Å²) < 4.78 is 18.7. The Bertz CT molecular complexity index is 374. The third kappa shape index (κ3) is 3.88. The van der Waals surface area contributed by atoms with Crippen molar-refractivity contribution in [2.45, 2.75) is 32.3 Å². The van der Waals surface area contributed by atoms with Crippen LogP contribution in [0.25, 0.3) is 0 Å². The first-order chi connectivity index (χ1) is 7.41. The Morgan fingerprint density at radius 1 is 1.44 bits per heavy atom. The summed E-state index contributed by atoms with van der Waals surface area (Å²) in [6.45, 7) is 3.48. The maximum absolute atomic E-state index is 13.3. The molecule has 0 aliphatic heterocycles. The second-order valence-electron chi connectivity index (χ2n) is 4.19. The molecule has 0 aliphatic carbocycles. The van der Waals surface area contributed by atoms with Crippen molar-refractivity contribution in [1.29, 1.82) is 0 Å². The lowest BCUT2D eigenvalue weighted by Gasteiger charge is -2.26. The Labute approximate surface area is 93.9 Å². The minimum atomic E-state index is -0.884. The fraction of sp³-hybridized carbons (Fsp3) is 0.417. The highest BCUT2D eigenvalue weighted by Crippen LogP contribution is 2.24. The first-order valence-corrected chi connectivity index (χ1v) is 5.06. The maximum atomic E-state index is 13.3. The topological polar surface area (TPSA) is 46.5 Å². The highest BCUT2D eigenvalue weighted by Gasteiger charge is 2.22. The third-order valence-electron chi connectivity index (χ3n) is 2.16. The van der Waals surface area contributed by atoms with Gasteiger partial charge < -0.3 is 9.84 Å². The van der Waals surface area contributed by atoms with E-state index in [-0.39, 0.29) is 12.2 Å². The van der Waals surface area contributed by atoms with Crippen LogP contribution in [-0.4, -0.2) is 16.7 Å². The number of carbonyl (C=O) groups is 1. The normalized spacial score (nSPS) is 11.2. The molecule has 0 aliphatic rings. The number of benzene rings is 1. The molecule has 1 N–H and O–H groups in total. The van der Waals surface area contributed by atoms with Gasteiger partial charge in [-0.1, -0.05) is 12.1 Å². The number of hydrogen-bond donors (Lipinski definition) is 1. The number of carboxylic acid groups (broad SMARTS) is 1. The van der Waals surface area contributed by atoms with Crippen LogP contribution >= 0.6 is 0 Å². The van der Waals surface area contributed by atoms with Crippen molar-refractivity contribution < 1.29 is 19.0 Å². The largest absolute Gasteiger partial charge is 0.485 e. The number of halogens is 1.